The molecule has 0 unspecified atom stereocenters. The normalized spacial score (nSPS) is 18.2. The largest absolute Gasteiger partial charge is 0.444 e. The molecule has 0 radical (unpaired) electrons. The Labute approximate surface area is 107 Å². The molecule has 0 heterocycles. The van der Waals surface area contributed by atoms with Crippen LogP contribution in [0.15, 0.2) is 0 Å². The van der Waals surface area contributed by atoms with E-state index >= 15 is 0 Å². The Balaban J connectivity index is 2.28. The third-order valence-electron chi connectivity index (χ3n) is 2.76. The van der Waals surface area contributed by atoms with E-state index in [0.717, 1.165) is 0 Å². The second-order valence-corrected chi connectivity index (χ2v) is 7.23. The zero-order valence-corrected chi connectivity index (χ0v) is 11.8. The molecule has 0 aromatic rings. The first-order valence-electron chi connectivity index (χ1n) is 5.91. The number of rotatable bonds is 5. The van der Waals surface area contributed by atoms with E-state index in [1.807, 2.05) is 0 Å². The summed E-state index contributed by atoms with van der Waals surface area (Å²) < 4.78 is 38.8. The average molecular weight is 281 g/mol. The number of hydrogen-bond donors (Lipinski definition) is 1. The topological polar surface area (TPSA) is 72.5 Å². The summed E-state index contributed by atoms with van der Waals surface area (Å²) in [7, 11) is -4.44. The molecule has 0 bridgehead atoms. The van der Waals surface area contributed by atoms with E-state index in [4.69, 9.17) is 4.74 Å². The molecule has 1 fully saturated rings. The van der Waals surface area contributed by atoms with Gasteiger partial charge >= 0.3 is 16.3 Å². The first-order valence-corrected chi connectivity index (χ1v) is 7.46. The van der Waals surface area contributed by atoms with E-state index in [0.29, 0.717) is 25.8 Å². The van der Waals surface area contributed by atoms with Gasteiger partial charge in [-0.1, -0.05) is 0 Å². The number of ether oxygens (including phenoxy) is 1. The molecule has 0 aliphatic heterocycles. The van der Waals surface area contributed by atoms with Crippen LogP contribution in [0.3, 0.4) is 0 Å². The number of amides is 1. The van der Waals surface area contributed by atoms with Crippen LogP contribution in [0.25, 0.3) is 0 Å². The zero-order valence-electron chi connectivity index (χ0n) is 11.0. The molecule has 0 saturated heterocycles. The van der Waals surface area contributed by atoms with Crippen molar-refractivity contribution in [2.75, 3.05) is 12.3 Å². The van der Waals surface area contributed by atoms with Crippen LogP contribution in [0.4, 0.5) is 8.68 Å². The highest BCUT2D eigenvalue weighted by Crippen LogP contribution is 2.49. The third kappa shape index (κ3) is 6.18. The summed E-state index contributed by atoms with van der Waals surface area (Å²) in [6, 6.07) is 0. The van der Waals surface area contributed by atoms with Gasteiger partial charge in [-0.3, -0.25) is 0 Å². The van der Waals surface area contributed by atoms with Gasteiger partial charge in [0.25, 0.3) is 0 Å². The Morgan fingerprint density at radius 2 is 1.94 bits per heavy atom. The Hall–Kier alpha value is -0.850. The molecule has 1 aliphatic carbocycles. The van der Waals surface area contributed by atoms with Gasteiger partial charge in [-0.25, -0.2) is 4.79 Å². The van der Waals surface area contributed by atoms with Gasteiger partial charge < -0.3 is 10.1 Å². The van der Waals surface area contributed by atoms with E-state index in [-0.39, 0.29) is 0 Å². The van der Waals surface area contributed by atoms with Gasteiger partial charge in [0.2, 0.25) is 0 Å². The van der Waals surface area contributed by atoms with Crippen molar-refractivity contribution in [2.45, 2.75) is 45.6 Å². The summed E-state index contributed by atoms with van der Waals surface area (Å²) in [5, 5.41) is 2.54. The molecule has 5 nitrogen and oxygen atoms in total. The second kappa shape index (κ2) is 5.03. The lowest BCUT2D eigenvalue weighted by Gasteiger charge is -2.20. The van der Waals surface area contributed by atoms with Crippen LogP contribution < -0.4 is 5.32 Å². The van der Waals surface area contributed by atoms with E-state index < -0.39 is 33.1 Å². The number of carbonyl (C=O) groups excluding carboxylic acids is 1. The Kier molecular flexibility index (Phi) is 4.25. The van der Waals surface area contributed by atoms with Crippen LogP contribution in [0.1, 0.15) is 40.0 Å². The van der Waals surface area contributed by atoms with Crippen molar-refractivity contribution in [1.29, 1.82) is 0 Å². The van der Waals surface area contributed by atoms with Gasteiger partial charge in [-0.2, -0.15) is 8.42 Å². The lowest BCUT2D eigenvalue weighted by molar-refractivity contribution is 0.0525. The minimum absolute atomic E-state index is 0.296. The minimum atomic E-state index is -4.44. The molecule has 0 spiro atoms. The van der Waals surface area contributed by atoms with Crippen molar-refractivity contribution >= 4 is 16.3 Å². The van der Waals surface area contributed by atoms with Crippen LogP contribution in [-0.2, 0) is 15.0 Å². The van der Waals surface area contributed by atoms with Crippen LogP contribution >= 0.6 is 0 Å². The fourth-order valence-electron chi connectivity index (χ4n) is 1.75. The van der Waals surface area contributed by atoms with Crippen molar-refractivity contribution in [3.8, 4) is 0 Å². The molecule has 1 rings (SSSR count). The summed E-state index contributed by atoms with van der Waals surface area (Å²) in [5.74, 6) is -0.448. The lowest BCUT2D eigenvalue weighted by atomic mass is 10.1. The molecule has 106 valence electrons. The van der Waals surface area contributed by atoms with Crippen molar-refractivity contribution in [2.24, 2.45) is 5.41 Å². The molecular formula is C11H20FNO4S. The highest BCUT2D eigenvalue weighted by Gasteiger charge is 2.45. The highest BCUT2D eigenvalue weighted by molar-refractivity contribution is 7.86. The fourth-order valence-corrected chi connectivity index (χ4v) is 2.92. The third-order valence-corrected chi connectivity index (χ3v) is 3.72. The molecular weight excluding hydrogens is 261 g/mol. The maximum absolute atomic E-state index is 12.6. The first-order chi connectivity index (χ1) is 8.02. The summed E-state index contributed by atoms with van der Waals surface area (Å²) in [6.45, 7) is 5.56. The summed E-state index contributed by atoms with van der Waals surface area (Å²) >= 11 is 0. The number of hydrogen-bond acceptors (Lipinski definition) is 4. The van der Waals surface area contributed by atoms with Gasteiger partial charge in [0.05, 0.1) is 5.75 Å². The summed E-state index contributed by atoms with van der Waals surface area (Å²) in [4.78, 5) is 11.3. The molecule has 1 amide bonds. The Bertz CT molecular complexity index is 409. The zero-order chi connectivity index (χ0) is 14.0. The smallest absolute Gasteiger partial charge is 0.407 e. The molecule has 1 saturated carbocycles. The van der Waals surface area contributed by atoms with Gasteiger partial charge in [-0.15, -0.1) is 3.89 Å². The molecule has 0 aromatic heterocycles. The second-order valence-electron chi connectivity index (χ2n) is 5.86. The molecule has 0 atom stereocenters. The molecule has 1 N–H and O–H groups in total. The molecule has 0 aromatic carbocycles. The SMILES string of the molecule is CC(C)(C)OC(=O)NCCC1(CS(=O)(=O)F)CC1. The average Bonchev–Trinajstić information content (AvgIpc) is 2.77. The van der Waals surface area contributed by atoms with Crippen molar-refractivity contribution in [3.63, 3.8) is 0 Å². The molecule has 1 aliphatic rings. The predicted octanol–water partition coefficient (Wildman–Crippen LogP) is 1.98. The predicted molar refractivity (Wildman–Crippen MR) is 65.4 cm³/mol. The summed E-state index contributed by atoms with van der Waals surface area (Å²) in [5.41, 5.74) is -1.05. The van der Waals surface area contributed by atoms with Gasteiger partial charge in [-0.05, 0) is 45.4 Å². The highest BCUT2D eigenvalue weighted by atomic mass is 32.3. The summed E-state index contributed by atoms with van der Waals surface area (Å²) in [6.07, 6.45) is 1.29. The molecule has 18 heavy (non-hydrogen) atoms. The monoisotopic (exact) mass is 281 g/mol. The van der Waals surface area contributed by atoms with E-state index in [9.17, 15) is 17.1 Å². The maximum atomic E-state index is 12.6. The number of halogens is 1. The Morgan fingerprint density at radius 1 is 1.39 bits per heavy atom. The maximum Gasteiger partial charge on any atom is 0.407 e. The first kappa shape index (κ1) is 15.2. The van der Waals surface area contributed by atoms with Gasteiger partial charge in [0, 0.05) is 6.54 Å². The van der Waals surface area contributed by atoms with Crippen LogP contribution in [0.2, 0.25) is 0 Å². The molecule has 7 heteroatoms. The quantitative estimate of drug-likeness (QED) is 0.782. The van der Waals surface area contributed by atoms with Crippen molar-refractivity contribution < 1.29 is 21.8 Å². The minimum Gasteiger partial charge on any atom is -0.444 e. The number of alkyl carbamates (subject to hydrolysis) is 1. The van der Waals surface area contributed by atoms with E-state index in [1.165, 1.54) is 0 Å². The van der Waals surface area contributed by atoms with Crippen LogP contribution in [0, 0.1) is 5.41 Å². The standard InChI is InChI=1S/C11H20FNO4S/c1-10(2,3)17-9(14)13-7-6-11(4-5-11)8-18(12,15)16/h4-8H2,1-3H3,(H,13,14). The van der Waals surface area contributed by atoms with Gasteiger partial charge in [0.1, 0.15) is 5.60 Å². The lowest BCUT2D eigenvalue weighted by Crippen LogP contribution is -2.34. The van der Waals surface area contributed by atoms with Crippen LogP contribution in [-0.4, -0.2) is 32.4 Å². The van der Waals surface area contributed by atoms with Crippen molar-refractivity contribution in [3.05, 3.63) is 0 Å². The van der Waals surface area contributed by atoms with Gasteiger partial charge in [0.15, 0.2) is 0 Å². The fraction of sp³-hybridized carbons (Fsp3) is 0.909. The number of nitrogens with one attached hydrogen (secondary N) is 1. The Morgan fingerprint density at radius 3 is 2.33 bits per heavy atom. The van der Waals surface area contributed by atoms with Crippen LogP contribution in [0.5, 0.6) is 0 Å². The van der Waals surface area contributed by atoms with E-state index in [2.05, 4.69) is 5.32 Å². The van der Waals surface area contributed by atoms with E-state index in [1.54, 1.807) is 20.8 Å². The van der Waals surface area contributed by atoms with Crippen molar-refractivity contribution in [1.82, 2.24) is 5.32 Å². The number of carbonyl (C=O) groups is 1.